The third-order valence-electron chi connectivity index (χ3n) is 27.5. The van der Waals surface area contributed by atoms with Crippen LogP contribution in [-0.2, 0) is 0 Å². The van der Waals surface area contributed by atoms with Gasteiger partial charge >= 0.3 is 0 Å². The van der Waals surface area contributed by atoms with Gasteiger partial charge in [-0.15, -0.1) is 0 Å². The van der Waals surface area contributed by atoms with E-state index in [1.165, 1.54) is 148 Å². The molecule has 0 heterocycles. The highest BCUT2D eigenvalue weighted by molar-refractivity contribution is 5.02. The molecule has 0 saturated heterocycles. The van der Waals surface area contributed by atoms with E-state index in [1.807, 2.05) is 34.6 Å². The minimum absolute atomic E-state index is 0.132. The highest BCUT2D eigenvalue weighted by Gasteiger charge is 2.50. The fraction of sp³-hybridized carbons (Fsp3) is 1.00. The van der Waals surface area contributed by atoms with E-state index in [4.69, 9.17) is 4.11 Å². The van der Waals surface area contributed by atoms with Gasteiger partial charge in [-0.3, -0.25) is 0 Å². The summed E-state index contributed by atoms with van der Waals surface area (Å²) in [4.78, 5) is 0. The zero-order chi connectivity index (χ0) is 66.2. The first-order valence-electron chi connectivity index (χ1n) is 42.0. The Hall–Kier alpha value is 0. The summed E-state index contributed by atoms with van der Waals surface area (Å²) in [6.07, 6.45) is 71.4. The fourth-order valence-corrected chi connectivity index (χ4v) is 22.1. The Morgan fingerprint density at radius 2 is 0.632 bits per heavy atom. The van der Waals surface area contributed by atoms with Gasteiger partial charge in [0.05, 0.1) is 0 Å². The Balaban J connectivity index is 0.000000164. The SMILES string of the molecule is CC(C)(C)C.CC12CC3CC(CC(C3)C1)C2.CC1CCC(C2CCCCC2)CC1.CC1CCC2(CC1)CCC(C)(C)CC2.CC1CCC2(CCCC2)CC1.CC1CCC2(CCCCC2)CC1.CCC12CC3CC(CC(C3)C1)C2.[2H]C(C)(C)C.[2H]C([2H])(C)C(C)C. The summed E-state index contributed by atoms with van der Waals surface area (Å²) in [5, 5.41) is 0. The van der Waals surface area contributed by atoms with Gasteiger partial charge < -0.3 is 0 Å². The fourth-order valence-electron chi connectivity index (χ4n) is 22.1. The van der Waals surface area contributed by atoms with Crippen LogP contribution in [0.1, 0.15) is 437 Å². The van der Waals surface area contributed by atoms with Crippen LogP contribution in [0.5, 0.6) is 0 Å². The van der Waals surface area contributed by atoms with Crippen molar-refractivity contribution >= 4 is 0 Å². The molecule has 16 saturated carbocycles. The van der Waals surface area contributed by atoms with Crippen molar-refractivity contribution in [2.45, 2.75) is 433 Å². The maximum absolute atomic E-state index is 7.05. The first-order chi connectivity index (χ1) is 42.0. The molecule has 0 amide bonds. The maximum atomic E-state index is 7.05. The van der Waals surface area contributed by atoms with Crippen molar-refractivity contribution in [3.05, 3.63) is 0 Å². The molecule has 0 aromatic heterocycles. The summed E-state index contributed by atoms with van der Waals surface area (Å²) in [6.45, 7) is 39.2. The molecule has 0 unspecified atom stereocenters. The quantitative estimate of drug-likeness (QED) is 0.264. The van der Waals surface area contributed by atoms with Crippen molar-refractivity contribution in [3.63, 3.8) is 0 Å². The van der Waals surface area contributed by atoms with Crippen LogP contribution in [0.4, 0.5) is 0 Å². The van der Waals surface area contributed by atoms with Crippen LogP contribution in [0.2, 0.25) is 0 Å². The second kappa shape index (κ2) is 35.7. The molecular weight excluding hydrogens is 1040 g/mol. The van der Waals surface area contributed by atoms with Crippen LogP contribution in [0, 0.1) is 121 Å². The van der Waals surface area contributed by atoms with E-state index < -0.39 is 6.37 Å². The predicted molar refractivity (Wildman–Crippen MR) is 390 cm³/mol. The highest BCUT2D eigenvalue weighted by atomic mass is 14.6. The average molecular weight is 1210 g/mol. The number of hydrogen-bond donors (Lipinski definition) is 0. The zero-order valence-corrected chi connectivity index (χ0v) is 63.2. The molecule has 0 aromatic carbocycles. The second-order valence-electron chi connectivity index (χ2n) is 39.8. The van der Waals surface area contributed by atoms with E-state index >= 15 is 0 Å². The van der Waals surface area contributed by atoms with E-state index in [9.17, 15) is 0 Å². The number of rotatable bonds is 3. The first kappa shape index (κ1) is 71.3. The van der Waals surface area contributed by atoms with Crippen LogP contribution in [-0.4, -0.2) is 0 Å². The summed E-state index contributed by atoms with van der Waals surface area (Å²) in [5.41, 5.74) is 5.27. The van der Waals surface area contributed by atoms with Crippen molar-refractivity contribution in [2.75, 3.05) is 0 Å². The van der Waals surface area contributed by atoms with Gasteiger partial charge in [-0.1, -0.05) is 253 Å². The van der Waals surface area contributed by atoms with Crippen molar-refractivity contribution in [1.82, 2.24) is 0 Å². The summed E-state index contributed by atoms with van der Waals surface area (Å²) in [6, 6.07) is 0. The predicted octanol–water partition coefficient (Wildman–Crippen LogP) is 29.7. The molecule has 512 valence electrons. The molecule has 0 aliphatic heterocycles. The van der Waals surface area contributed by atoms with Gasteiger partial charge in [0.2, 0.25) is 0 Å². The summed E-state index contributed by atoms with van der Waals surface area (Å²) >= 11 is 0. The van der Waals surface area contributed by atoms with Crippen LogP contribution < -0.4 is 0 Å². The lowest BCUT2D eigenvalue weighted by Crippen LogP contribution is -2.45. The molecule has 16 aliphatic carbocycles. The van der Waals surface area contributed by atoms with Crippen LogP contribution in [0.3, 0.4) is 0 Å². The van der Waals surface area contributed by atoms with Gasteiger partial charge in [0.1, 0.15) is 0 Å². The molecule has 16 aliphatic rings. The largest absolute Gasteiger partial charge is 0.0651 e. The molecule has 0 N–H and O–H groups in total. The summed E-state index contributed by atoms with van der Waals surface area (Å²) < 4.78 is 21.0. The molecule has 0 heteroatoms. The zero-order valence-electron chi connectivity index (χ0n) is 66.2. The third kappa shape index (κ3) is 27.0. The standard InChI is InChI=1S/C14H26.C13H24.C12H20.C12H22.C11H18.C11H20.2C5H12.C4H10/c1-12-4-6-14(7-5-12)10-8-13(2,3)9-11-14;1-11-7-9-13(10-8-11)12-5-3-2-4-6-12;1-2-12-6-9-3-10(7-12)5-11(4-9)8-12;1-11-5-9-12(10-6-11)7-3-2-4-8-12;1-11-5-8-2-9(6-11)4-10(3-8)7-11;1-10-4-8-11(9-5-10)6-2-3-7-11;1-5(2,3)4;1-4-5(2)3;1-4(2)3/h12H,4-11H2,1-3H3;11-13H,2-10H2,1H3;9-11H,2-8H2,1H3;11H,2-10H2,1H3;8-10H,2-7H2,1H3;10H,2-9H2,1H3;1-4H3;5H,4H2,1-3H3;4H,1-3H3/i;;;;;;;4D2;4D. The lowest BCUT2D eigenvalue weighted by molar-refractivity contribution is -0.0545. The van der Waals surface area contributed by atoms with Crippen molar-refractivity contribution < 1.29 is 4.11 Å². The minimum Gasteiger partial charge on any atom is -0.0651 e. The molecule has 16 rings (SSSR count). The molecule has 16 fully saturated rings. The normalized spacial score (nSPS) is 36.8. The molecule has 0 atom stereocenters. The van der Waals surface area contributed by atoms with E-state index in [0.717, 1.165) is 98.1 Å². The molecule has 0 aromatic rings. The van der Waals surface area contributed by atoms with Gasteiger partial charge in [-0.05, 0) is 301 Å². The summed E-state index contributed by atoms with van der Waals surface area (Å²) in [5.74, 6) is 13.1. The van der Waals surface area contributed by atoms with Gasteiger partial charge in [-0.25, -0.2) is 0 Å². The maximum Gasteiger partial charge on any atom is 0.0294 e. The average Bonchev–Trinajstić information content (AvgIpc) is 0.921. The molecule has 0 nitrogen and oxygen atoms in total. The monoisotopic (exact) mass is 1210 g/mol. The van der Waals surface area contributed by atoms with E-state index in [1.54, 1.807) is 161 Å². The lowest BCUT2D eigenvalue weighted by Gasteiger charge is -2.56. The Morgan fingerprint density at radius 3 is 0.931 bits per heavy atom. The molecule has 0 radical (unpaired) electrons. The van der Waals surface area contributed by atoms with Crippen LogP contribution >= 0.6 is 0 Å². The van der Waals surface area contributed by atoms with Crippen molar-refractivity contribution in [2.24, 2.45) is 121 Å². The Labute approximate surface area is 554 Å². The molecule has 3 spiro atoms. The van der Waals surface area contributed by atoms with Gasteiger partial charge in [0.15, 0.2) is 0 Å². The molecular formula is C87H164. The van der Waals surface area contributed by atoms with E-state index in [2.05, 4.69) is 83.1 Å². The smallest absolute Gasteiger partial charge is 0.0294 e. The first-order valence-corrected chi connectivity index (χ1v) is 40.5. The highest BCUT2D eigenvalue weighted by Crippen LogP contribution is 2.62. The van der Waals surface area contributed by atoms with Gasteiger partial charge in [0.25, 0.3) is 0 Å². The topological polar surface area (TPSA) is 0 Å². The Kier molecular flexibility index (Phi) is 29.2. The second-order valence-corrected chi connectivity index (χ2v) is 39.8. The third-order valence-corrected chi connectivity index (χ3v) is 27.5. The lowest BCUT2D eigenvalue weighted by atomic mass is 9.49. The summed E-state index contributed by atoms with van der Waals surface area (Å²) in [7, 11) is 0. The Morgan fingerprint density at radius 1 is 0.368 bits per heavy atom. The number of hydrogen-bond acceptors (Lipinski definition) is 0. The van der Waals surface area contributed by atoms with Crippen molar-refractivity contribution in [3.8, 4) is 0 Å². The van der Waals surface area contributed by atoms with Gasteiger partial charge in [-0.2, -0.15) is 0 Å². The van der Waals surface area contributed by atoms with Crippen molar-refractivity contribution in [1.29, 1.82) is 0 Å². The van der Waals surface area contributed by atoms with Crippen LogP contribution in [0.25, 0.3) is 0 Å². The van der Waals surface area contributed by atoms with E-state index in [0.29, 0.717) is 10.8 Å². The molecule has 87 heavy (non-hydrogen) atoms. The van der Waals surface area contributed by atoms with Crippen LogP contribution in [0.15, 0.2) is 0 Å². The Bertz CT molecular complexity index is 1810. The minimum atomic E-state index is -1.00. The van der Waals surface area contributed by atoms with E-state index in [-0.39, 0.29) is 11.8 Å². The van der Waals surface area contributed by atoms with Gasteiger partial charge in [0, 0.05) is 4.11 Å². The molecule has 8 bridgehead atoms.